The zero-order valence-corrected chi connectivity index (χ0v) is 20.9. The molecule has 4 aliphatic carbocycles. The summed E-state index contributed by atoms with van der Waals surface area (Å²) in [4.78, 5) is 13.1. The lowest BCUT2D eigenvalue weighted by Gasteiger charge is -2.55. The highest BCUT2D eigenvalue weighted by Gasteiger charge is 2.53. The molecule has 6 rings (SSSR count). The average Bonchev–Trinajstić information content (AvgIpc) is 3.21. The molecule has 0 spiro atoms. The third-order valence-corrected chi connectivity index (χ3v) is 9.41. The summed E-state index contributed by atoms with van der Waals surface area (Å²) < 4.78 is 11.5. The van der Waals surface area contributed by atoms with Crippen LogP contribution in [-0.4, -0.2) is 5.78 Å². The number of allylic oxidation sites excluding steroid dienone is 1. The molecule has 0 N–H and O–H groups in total. The van der Waals surface area contributed by atoms with Crippen LogP contribution in [0.4, 0.5) is 0 Å². The van der Waals surface area contributed by atoms with Crippen LogP contribution in [-0.2, 0) is 11.4 Å². The van der Waals surface area contributed by atoms with Gasteiger partial charge in [-0.1, -0.05) is 58.0 Å². The van der Waals surface area contributed by atoms with E-state index in [0.717, 1.165) is 37.0 Å². The highest BCUT2D eigenvalue weighted by molar-refractivity contribution is 6.55. The molecule has 0 atom stereocenters. The van der Waals surface area contributed by atoms with E-state index >= 15 is 0 Å². The van der Waals surface area contributed by atoms with Crippen molar-refractivity contribution in [3.63, 3.8) is 0 Å². The van der Waals surface area contributed by atoms with Crippen LogP contribution in [0.2, 0.25) is 25.1 Å². The van der Waals surface area contributed by atoms with Crippen LogP contribution in [0.15, 0.2) is 22.6 Å². The number of halogens is 5. The van der Waals surface area contributed by atoms with Gasteiger partial charge in [0.15, 0.2) is 11.5 Å². The number of benzene rings is 1. The Bertz CT molecular complexity index is 1040. The van der Waals surface area contributed by atoms with Crippen LogP contribution in [0.1, 0.15) is 50.0 Å². The number of hydrogen-bond donors (Lipinski definition) is 0. The number of carbonyl (C=O) groups is 1. The zero-order valence-electron chi connectivity index (χ0n) is 17.1. The Balaban J connectivity index is 1.25. The first-order chi connectivity index (χ1) is 15.3. The van der Waals surface area contributed by atoms with Crippen molar-refractivity contribution in [3.05, 3.63) is 54.8 Å². The molecule has 4 aliphatic rings. The fourth-order valence-electron chi connectivity index (χ4n) is 6.16. The predicted molar refractivity (Wildman–Crippen MR) is 129 cm³/mol. The van der Waals surface area contributed by atoms with Gasteiger partial charge in [0.05, 0.1) is 15.1 Å². The van der Waals surface area contributed by atoms with Crippen LogP contribution in [0, 0.1) is 23.2 Å². The summed E-state index contributed by atoms with van der Waals surface area (Å²) in [6, 6.07) is 3.57. The lowest BCUT2D eigenvalue weighted by Crippen LogP contribution is -2.49. The lowest BCUT2D eigenvalue weighted by atomic mass is 9.48. The van der Waals surface area contributed by atoms with Crippen molar-refractivity contribution < 1.29 is 13.9 Å². The number of ether oxygens (including phenoxy) is 1. The van der Waals surface area contributed by atoms with Crippen molar-refractivity contribution in [2.75, 3.05) is 0 Å². The largest absolute Gasteiger partial charge is 0.482 e. The van der Waals surface area contributed by atoms with E-state index < -0.39 is 0 Å². The molecule has 3 nitrogen and oxygen atoms in total. The van der Waals surface area contributed by atoms with Gasteiger partial charge in [-0.05, 0) is 80.6 Å². The second kappa shape index (κ2) is 8.74. The summed E-state index contributed by atoms with van der Waals surface area (Å²) >= 11 is 30.5. The monoisotopic (exact) mass is 532 g/mol. The van der Waals surface area contributed by atoms with Crippen LogP contribution in [0.3, 0.4) is 0 Å². The van der Waals surface area contributed by atoms with Gasteiger partial charge < -0.3 is 9.15 Å². The predicted octanol–water partition coefficient (Wildman–Crippen LogP) is 8.92. The molecular weight excluding hydrogens is 514 g/mol. The Morgan fingerprint density at radius 2 is 1.44 bits per heavy atom. The summed E-state index contributed by atoms with van der Waals surface area (Å²) in [6.07, 6.45) is 10.5. The Labute approximate surface area is 211 Å². The lowest BCUT2D eigenvalue weighted by molar-refractivity contribution is -0.138. The molecule has 8 heteroatoms. The van der Waals surface area contributed by atoms with Crippen LogP contribution >= 0.6 is 58.0 Å². The minimum atomic E-state index is -0.148. The van der Waals surface area contributed by atoms with E-state index in [1.54, 1.807) is 24.3 Å². The molecule has 0 unspecified atom stereocenters. The van der Waals surface area contributed by atoms with Crippen molar-refractivity contribution in [1.29, 1.82) is 0 Å². The molecule has 0 aliphatic heterocycles. The molecule has 4 bridgehead atoms. The SMILES string of the molecule is O=C(/C=C/c1ccc(COc2c(Cl)c(Cl)c(Cl)c(Cl)c2Cl)o1)C12CC3CC(CC(C3)C1)C2. The van der Waals surface area contributed by atoms with Crippen molar-refractivity contribution in [2.45, 2.75) is 45.1 Å². The molecule has 1 aromatic heterocycles. The van der Waals surface area contributed by atoms with E-state index in [2.05, 4.69) is 0 Å². The highest BCUT2D eigenvalue weighted by Crippen LogP contribution is 2.60. The maximum Gasteiger partial charge on any atom is 0.161 e. The van der Waals surface area contributed by atoms with Crippen molar-refractivity contribution >= 4 is 69.9 Å². The van der Waals surface area contributed by atoms with Crippen LogP contribution in [0.5, 0.6) is 5.75 Å². The molecule has 4 saturated carbocycles. The highest BCUT2D eigenvalue weighted by atomic mass is 35.5. The number of ketones is 1. The molecule has 2 aromatic rings. The van der Waals surface area contributed by atoms with Gasteiger partial charge >= 0.3 is 0 Å². The normalized spacial score (nSPS) is 28.6. The summed E-state index contributed by atoms with van der Waals surface area (Å²) in [5.74, 6) is 3.72. The van der Waals surface area contributed by atoms with Gasteiger partial charge in [-0.25, -0.2) is 0 Å². The van der Waals surface area contributed by atoms with Gasteiger partial charge in [0.1, 0.15) is 28.2 Å². The molecule has 1 aromatic carbocycles. The van der Waals surface area contributed by atoms with Gasteiger partial charge in [0.2, 0.25) is 0 Å². The Hall–Kier alpha value is -0.840. The van der Waals surface area contributed by atoms with Gasteiger partial charge in [0.25, 0.3) is 0 Å². The zero-order chi connectivity index (χ0) is 22.6. The Morgan fingerprint density at radius 3 is 2.00 bits per heavy atom. The molecule has 4 fully saturated rings. The van der Waals surface area contributed by atoms with E-state index in [1.807, 2.05) is 0 Å². The Kier molecular flexibility index (Phi) is 6.26. The minimum Gasteiger partial charge on any atom is -0.482 e. The maximum absolute atomic E-state index is 13.1. The van der Waals surface area contributed by atoms with Crippen molar-refractivity contribution in [2.24, 2.45) is 23.2 Å². The molecular formula is C24H21Cl5O3. The molecule has 0 amide bonds. The van der Waals surface area contributed by atoms with Crippen LogP contribution in [0.25, 0.3) is 6.08 Å². The molecule has 1 heterocycles. The molecule has 32 heavy (non-hydrogen) atoms. The minimum absolute atomic E-state index is 0.0600. The third-order valence-electron chi connectivity index (χ3n) is 7.17. The second-order valence-electron chi connectivity index (χ2n) is 9.39. The fourth-order valence-corrected chi connectivity index (χ4v) is 7.39. The maximum atomic E-state index is 13.1. The van der Waals surface area contributed by atoms with E-state index in [0.29, 0.717) is 11.5 Å². The standard InChI is InChI=1S/C24H21Cl5O3/c25-18-19(26)21(28)23(22(29)20(18)27)31-11-16-2-1-15(32-16)3-4-17(30)24-8-12-5-13(9-24)7-14(6-12)10-24/h1-4,12-14H,5-11H2/b4-3+. The summed E-state index contributed by atoms with van der Waals surface area (Å²) in [5.41, 5.74) is -0.148. The summed E-state index contributed by atoms with van der Waals surface area (Å²) in [7, 11) is 0. The van der Waals surface area contributed by atoms with E-state index in [4.69, 9.17) is 67.2 Å². The number of rotatable bonds is 6. The van der Waals surface area contributed by atoms with Crippen molar-refractivity contribution in [3.8, 4) is 5.75 Å². The summed E-state index contributed by atoms with van der Waals surface area (Å²) in [5, 5.41) is 0.385. The second-order valence-corrected chi connectivity index (χ2v) is 11.3. The summed E-state index contributed by atoms with van der Waals surface area (Å²) in [6.45, 7) is 0.0600. The van der Waals surface area contributed by atoms with Crippen molar-refractivity contribution in [1.82, 2.24) is 0 Å². The first-order valence-corrected chi connectivity index (χ1v) is 12.6. The quantitative estimate of drug-likeness (QED) is 0.211. The van der Waals surface area contributed by atoms with Gasteiger partial charge in [-0.3, -0.25) is 4.79 Å². The first-order valence-electron chi connectivity index (χ1n) is 10.7. The smallest absolute Gasteiger partial charge is 0.161 e. The molecule has 0 saturated heterocycles. The molecule has 170 valence electrons. The fraction of sp³-hybridized carbons (Fsp3) is 0.458. The van der Waals surface area contributed by atoms with E-state index in [-0.39, 0.29) is 48.7 Å². The van der Waals surface area contributed by atoms with Gasteiger partial charge in [0, 0.05) is 5.41 Å². The molecule has 0 radical (unpaired) electrons. The van der Waals surface area contributed by atoms with E-state index in [1.165, 1.54) is 19.3 Å². The van der Waals surface area contributed by atoms with E-state index in [9.17, 15) is 4.79 Å². The van der Waals surface area contributed by atoms with Crippen LogP contribution < -0.4 is 4.74 Å². The van der Waals surface area contributed by atoms with Gasteiger partial charge in [-0.15, -0.1) is 0 Å². The Morgan fingerprint density at radius 1 is 0.906 bits per heavy atom. The topological polar surface area (TPSA) is 39.4 Å². The first kappa shape index (κ1) is 22.9. The number of furan rings is 1. The third kappa shape index (κ3) is 4.09. The average molecular weight is 535 g/mol. The number of carbonyl (C=O) groups excluding carboxylic acids is 1. The number of hydrogen-bond acceptors (Lipinski definition) is 3. The van der Waals surface area contributed by atoms with Gasteiger partial charge in [-0.2, -0.15) is 0 Å².